The monoisotopic (exact) mass is 603 g/mol. The van der Waals surface area contributed by atoms with Crippen LogP contribution in [0.15, 0.2) is 58.7 Å². The third kappa shape index (κ3) is 7.46. The molecular weight excluding hydrogens is 574 g/mol. The second-order valence-corrected chi connectivity index (χ2v) is 11.3. The fraction of sp³-hybridized carbons (Fsp3) is 0.333. The van der Waals surface area contributed by atoms with Crippen LogP contribution in [-0.2, 0) is 11.3 Å². The molecule has 0 aliphatic heterocycles. The molecule has 0 unspecified atom stereocenters. The molecule has 2 amide bonds. The van der Waals surface area contributed by atoms with Gasteiger partial charge in [0, 0.05) is 16.7 Å². The van der Waals surface area contributed by atoms with Crippen molar-refractivity contribution in [2.24, 2.45) is 5.92 Å². The van der Waals surface area contributed by atoms with E-state index >= 15 is 0 Å². The number of anilines is 1. The molecule has 0 fully saturated rings. The normalized spacial score (nSPS) is 11.9. The number of hydrogen-bond donors (Lipinski definition) is 2. The number of thioether (sulfide) groups is 1. The van der Waals surface area contributed by atoms with E-state index in [9.17, 15) is 9.59 Å². The van der Waals surface area contributed by atoms with E-state index in [4.69, 9.17) is 11.6 Å². The van der Waals surface area contributed by atoms with Crippen molar-refractivity contribution in [3.05, 3.63) is 81.1 Å². The van der Waals surface area contributed by atoms with Gasteiger partial charge in [-0.15, -0.1) is 16.8 Å². The predicted octanol–water partition coefficient (Wildman–Crippen LogP) is 6.74. The third-order valence-corrected chi connectivity index (χ3v) is 7.98. The summed E-state index contributed by atoms with van der Waals surface area (Å²) in [4.78, 5) is 25.8. The van der Waals surface area contributed by atoms with E-state index in [0.717, 1.165) is 21.3 Å². The Hall–Kier alpha value is -2.62. The zero-order valence-corrected chi connectivity index (χ0v) is 24.5. The summed E-state index contributed by atoms with van der Waals surface area (Å²) in [6, 6.07) is 10.3. The van der Waals surface area contributed by atoms with Gasteiger partial charge < -0.3 is 15.2 Å². The van der Waals surface area contributed by atoms with Crippen molar-refractivity contribution in [2.75, 3.05) is 11.1 Å². The molecule has 1 atom stereocenters. The maximum Gasteiger partial charge on any atom is 0.253 e. The minimum Gasteiger partial charge on any atom is -0.342 e. The van der Waals surface area contributed by atoms with Crippen LogP contribution in [0.5, 0.6) is 0 Å². The molecule has 0 aliphatic rings. The van der Waals surface area contributed by atoms with Gasteiger partial charge in [-0.3, -0.25) is 9.59 Å². The van der Waals surface area contributed by atoms with Crippen molar-refractivity contribution in [2.45, 2.75) is 51.9 Å². The minimum atomic E-state index is -0.396. The van der Waals surface area contributed by atoms with E-state index in [1.165, 1.54) is 11.8 Å². The number of rotatable bonds is 11. The van der Waals surface area contributed by atoms with Crippen LogP contribution < -0.4 is 10.6 Å². The number of carbonyl (C=O) groups is 2. The maximum atomic E-state index is 13.0. The summed E-state index contributed by atoms with van der Waals surface area (Å²) in [6.45, 7) is 12.4. The van der Waals surface area contributed by atoms with Crippen LogP contribution >= 0.6 is 39.3 Å². The standard InChI is InChI=1S/C27H31BrClN5O2S/c1-6-13-34-25(23(14-16(2)3)31-26(36)19-9-7-8-10-21(19)29)32-33-27(34)37-15-24(35)30-22-12-11-20(28)17(4)18(22)5/h6-12,16,23H,1,13-15H2,2-5H3,(H,30,35)(H,31,36)/t23-/m0/s1. The van der Waals surface area contributed by atoms with Gasteiger partial charge in [-0.25, -0.2) is 0 Å². The molecule has 3 aromatic rings. The molecule has 3 rings (SSSR count). The molecule has 2 N–H and O–H groups in total. The Morgan fingerprint density at radius 3 is 2.57 bits per heavy atom. The van der Waals surface area contributed by atoms with Crippen LogP contribution in [-0.4, -0.2) is 32.3 Å². The molecule has 0 bridgehead atoms. The average Bonchev–Trinajstić information content (AvgIpc) is 3.25. The van der Waals surface area contributed by atoms with E-state index in [2.05, 4.69) is 57.2 Å². The van der Waals surface area contributed by atoms with Gasteiger partial charge in [-0.2, -0.15) is 0 Å². The molecule has 0 radical (unpaired) electrons. The third-order valence-electron chi connectivity index (χ3n) is 5.83. The first-order valence-electron chi connectivity index (χ1n) is 11.9. The molecule has 0 spiro atoms. The molecular formula is C27H31BrClN5O2S. The van der Waals surface area contributed by atoms with Crippen LogP contribution in [0.1, 0.15) is 53.6 Å². The van der Waals surface area contributed by atoms with E-state index in [1.807, 2.05) is 30.5 Å². The van der Waals surface area contributed by atoms with Crippen molar-refractivity contribution in [1.29, 1.82) is 0 Å². The van der Waals surface area contributed by atoms with Gasteiger partial charge in [0.15, 0.2) is 11.0 Å². The Kier molecular flexibility index (Phi) is 10.4. The lowest BCUT2D eigenvalue weighted by atomic mass is 10.0. The fourth-order valence-corrected chi connectivity index (χ4v) is 5.19. The summed E-state index contributed by atoms with van der Waals surface area (Å²) in [5, 5.41) is 15.8. The molecule has 7 nitrogen and oxygen atoms in total. The molecule has 0 saturated heterocycles. The molecule has 1 heterocycles. The molecule has 1 aromatic heterocycles. The molecule has 0 aliphatic carbocycles. The Morgan fingerprint density at radius 1 is 1.16 bits per heavy atom. The van der Waals surface area contributed by atoms with E-state index in [-0.39, 0.29) is 23.5 Å². The lowest BCUT2D eigenvalue weighted by molar-refractivity contribution is -0.113. The van der Waals surface area contributed by atoms with Gasteiger partial charge in [0.05, 0.1) is 22.4 Å². The molecule has 37 heavy (non-hydrogen) atoms. The van der Waals surface area contributed by atoms with Gasteiger partial charge in [0.1, 0.15) is 0 Å². The van der Waals surface area contributed by atoms with Crippen molar-refractivity contribution >= 4 is 56.8 Å². The first kappa shape index (κ1) is 28.9. The molecule has 2 aromatic carbocycles. The minimum absolute atomic E-state index is 0.143. The molecule has 0 saturated carbocycles. The zero-order valence-electron chi connectivity index (χ0n) is 21.3. The van der Waals surface area contributed by atoms with Gasteiger partial charge in [0.25, 0.3) is 5.91 Å². The molecule has 10 heteroatoms. The first-order chi connectivity index (χ1) is 17.6. The highest BCUT2D eigenvalue weighted by molar-refractivity contribution is 9.10. The predicted molar refractivity (Wildman–Crippen MR) is 154 cm³/mol. The molecule has 196 valence electrons. The van der Waals surface area contributed by atoms with E-state index < -0.39 is 6.04 Å². The number of nitrogens with one attached hydrogen (secondary N) is 2. The highest BCUT2D eigenvalue weighted by Gasteiger charge is 2.25. The van der Waals surface area contributed by atoms with Crippen molar-refractivity contribution in [3.63, 3.8) is 0 Å². The summed E-state index contributed by atoms with van der Waals surface area (Å²) in [6.07, 6.45) is 2.39. The van der Waals surface area contributed by atoms with Gasteiger partial charge in [-0.1, -0.05) is 71.3 Å². The lowest BCUT2D eigenvalue weighted by Crippen LogP contribution is -2.32. The number of halogens is 2. The quantitative estimate of drug-likeness (QED) is 0.187. The van der Waals surface area contributed by atoms with Gasteiger partial charge >= 0.3 is 0 Å². The van der Waals surface area contributed by atoms with Crippen molar-refractivity contribution in [1.82, 2.24) is 20.1 Å². The van der Waals surface area contributed by atoms with Gasteiger partial charge in [-0.05, 0) is 61.6 Å². The highest BCUT2D eigenvalue weighted by atomic mass is 79.9. The fourth-order valence-electron chi connectivity index (χ4n) is 3.79. The first-order valence-corrected chi connectivity index (χ1v) is 14.1. The lowest BCUT2D eigenvalue weighted by Gasteiger charge is -2.21. The largest absolute Gasteiger partial charge is 0.342 e. The van der Waals surface area contributed by atoms with Crippen LogP contribution in [0.25, 0.3) is 0 Å². The summed E-state index contributed by atoms with van der Waals surface area (Å²) in [5.74, 6) is 0.625. The second-order valence-electron chi connectivity index (χ2n) is 9.06. The maximum absolute atomic E-state index is 13.0. The summed E-state index contributed by atoms with van der Waals surface area (Å²) in [5.41, 5.74) is 3.27. The van der Waals surface area contributed by atoms with Crippen LogP contribution in [0.3, 0.4) is 0 Å². The Bertz CT molecular complexity index is 1290. The zero-order chi connectivity index (χ0) is 27.1. The number of allylic oxidation sites excluding steroid dienone is 1. The number of benzene rings is 2. The number of carbonyl (C=O) groups excluding carboxylic acids is 2. The Morgan fingerprint density at radius 2 is 1.89 bits per heavy atom. The van der Waals surface area contributed by atoms with E-state index in [1.54, 1.807) is 30.3 Å². The average molecular weight is 605 g/mol. The summed E-state index contributed by atoms with van der Waals surface area (Å²) < 4.78 is 2.89. The van der Waals surface area contributed by atoms with Crippen LogP contribution in [0.2, 0.25) is 5.02 Å². The Balaban J connectivity index is 1.79. The van der Waals surface area contributed by atoms with Crippen molar-refractivity contribution in [3.8, 4) is 0 Å². The SMILES string of the molecule is C=CCn1c(SCC(=O)Nc2ccc(Br)c(C)c2C)nnc1[C@H](CC(C)C)NC(=O)c1ccccc1Cl. The Labute approximate surface area is 235 Å². The smallest absolute Gasteiger partial charge is 0.253 e. The summed E-state index contributed by atoms with van der Waals surface area (Å²) >= 11 is 11.0. The number of amides is 2. The summed E-state index contributed by atoms with van der Waals surface area (Å²) in [7, 11) is 0. The number of hydrogen-bond acceptors (Lipinski definition) is 5. The van der Waals surface area contributed by atoms with Crippen molar-refractivity contribution < 1.29 is 9.59 Å². The van der Waals surface area contributed by atoms with Crippen LogP contribution in [0, 0.1) is 19.8 Å². The topological polar surface area (TPSA) is 88.9 Å². The number of aromatic nitrogens is 3. The van der Waals surface area contributed by atoms with Gasteiger partial charge in [0.2, 0.25) is 5.91 Å². The van der Waals surface area contributed by atoms with E-state index in [0.29, 0.717) is 34.5 Å². The second kappa shape index (κ2) is 13.3. The highest BCUT2D eigenvalue weighted by Crippen LogP contribution is 2.28. The number of nitrogens with zero attached hydrogens (tertiary/aromatic N) is 3. The van der Waals surface area contributed by atoms with Crippen LogP contribution in [0.4, 0.5) is 5.69 Å².